The van der Waals surface area contributed by atoms with Crippen LogP contribution >= 0.6 is 0 Å². The van der Waals surface area contributed by atoms with E-state index in [1.807, 2.05) is 32.0 Å². The van der Waals surface area contributed by atoms with Crippen molar-refractivity contribution in [3.63, 3.8) is 0 Å². The van der Waals surface area contributed by atoms with E-state index in [4.69, 9.17) is 0 Å². The standard InChI is InChI=1S/C23H24FNO3/c1-13-10-14(2)12-17(11-13)25-19(15-6-8-16(24)9-7-15)18(20(26)22(25)28)21(27)23(3,4)5/h6-12,19,26H,1-5H3. The maximum absolute atomic E-state index is 13.5. The maximum Gasteiger partial charge on any atom is 0.294 e. The summed E-state index contributed by atoms with van der Waals surface area (Å²) in [6.07, 6.45) is 0. The van der Waals surface area contributed by atoms with Gasteiger partial charge >= 0.3 is 0 Å². The third-order valence-corrected chi connectivity index (χ3v) is 4.80. The first-order valence-electron chi connectivity index (χ1n) is 9.16. The molecule has 1 N–H and O–H groups in total. The Morgan fingerprint density at radius 2 is 1.57 bits per heavy atom. The molecule has 1 atom stereocenters. The molecule has 0 saturated heterocycles. The van der Waals surface area contributed by atoms with Crippen molar-refractivity contribution in [3.8, 4) is 0 Å². The molecule has 0 aromatic heterocycles. The molecule has 0 bridgehead atoms. The molecule has 0 saturated carbocycles. The number of hydrogen-bond acceptors (Lipinski definition) is 3. The molecule has 3 rings (SSSR count). The molecule has 2 aromatic rings. The molecule has 146 valence electrons. The van der Waals surface area contributed by atoms with Gasteiger partial charge in [0.2, 0.25) is 0 Å². The third-order valence-electron chi connectivity index (χ3n) is 4.80. The van der Waals surface area contributed by atoms with Crippen LogP contribution in [0.3, 0.4) is 0 Å². The summed E-state index contributed by atoms with van der Waals surface area (Å²) in [5.41, 5.74) is 2.31. The van der Waals surface area contributed by atoms with Gasteiger partial charge in [-0.25, -0.2) is 4.39 Å². The molecule has 1 aliphatic rings. The lowest BCUT2D eigenvalue weighted by Gasteiger charge is -2.29. The normalized spacial score (nSPS) is 17.4. The molecule has 0 spiro atoms. The van der Waals surface area contributed by atoms with E-state index in [0.29, 0.717) is 11.3 Å². The first-order chi connectivity index (χ1) is 13.0. The summed E-state index contributed by atoms with van der Waals surface area (Å²) in [4.78, 5) is 27.5. The van der Waals surface area contributed by atoms with Gasteiger partial charge in [0.1, 0.15) is 5.82 Å². The van der Waals surface area contributed by atoms with Crippen LogP contribution in [0.1, 0.15) is 43.5 Å². The van der Waals surface area contributed by atoms with E-state index in [9.17, 15) is 19.1 Å². The highest BCUT2D eigenvalue weighted by Gasteiger charge is 2.46. The van der Waals surface area contributed by atoms with E-state index in [1.54, 1.807) is 20.8 Å². The zero-order valence-electron chi connectivity index (χ0n) is 16.7. The number of aryl methyl sites for hydroxylation is 2. The van der Waals surface area contributed by atoms with Gasteiger partial charge in [-0.1, -0.05) is 39.0 Å². The predicted molar refractivity (Wildman–Crippen MR) is 107 cm³/mol. The van der Waals surface area contributed by atoms with Crippen LogP contribution in [0.2, 0.25) is 0 Å². The average molecular weight is 381 g/mol. The summed E-state index contributed by atoms with van der Waals surface area (Å²) in [6, 6.07) is 10.5. The van der Waals surface area contributed by atoms with Crippen molar-refractivity contribution < 1.29 is 19.1 Å². The van der Waals surface area contributed by atoms with Gasteiger partial charge in [0.25, 0.3) is 5.91 Å². The van der Waals surface area contributed by atoms with Crippen molar-refractivity contribution >= 4 is 17.4 Å². The van der Waals surface area contributed by atoms with Crippen LogP contribution in [0.5, 0.6) is 0 Å². The minimum Gasteiger partial charge on any atom is -0.503 e. The molecule has 1 amide bonds. The van der Waals surface area contributed by atoms with Gasteiger partial charge in [0.05, 0.1) is 11.6 Å². The minimum atomic E-state index is -0.818. The Kier molecular flexibility index (Phi) is 4.88. The summed E-state index contributed by atoms with van der Waals surface area (Å²) < 4.78 is 13.5. The lowest BCUT2D eigenvalue weighted by molar-refractivity contribution is -0.123. The SMILES string of the molecule is Cc1cc(C)cc(N2C(=O)C(O)=C(C(=O)C(C)(C)C)C2c2ccc(F)cc2)c1. The van der Waals surface area contributed by atoms with Crippen molar-refractivity contribution in [2.75, 3.05) is 4.90 Å². The first kappa shape index (κ1) is 19.8. The fourth-order valence-corrected chi connectivity index (χ4v) is 3.56. The van der Waals surface area contributed by atoms with Gasteiger partial charge in [-0.05, 0) is 54.8 Å². The molecule has 0 radical (unpaired) electrons. The number of amides is 1. The quantitative estimate of drug-likeness (QED) is 0.818. The van der Waals surface area contributed by atoms with E-state index in [0.717, 1.165) is 11.1 Å². The second-order valence-corrected chi connectivity index (χ2v) is 8.32. The van der Waals surface area contributed by atoms with Gasteiger partial charge in [-0.3, -0.25) is 14.5 Å². The number of ketones is 1. The highest BCUT2D eigenvalue weighted by molar-refractivity contribution is 6.17. The Bertz CT molecular complexity index is 964. The Morgan fingerprint density at radius 3 is 2.07 bits per heavy atom. The van der Waals surface area contributed by atoms with Crippen LogP contribution in [0.4, 0.5) is 10.1 Å². The zero-order chi connectivity index (χ0) is 20.8. The lowest BCUT2D eigenvalue weighted by Crippen LogP contribution is -2.33. The topological polar surface area (TPSA) is 57.6 Å². The van der Waals surface area contributed by atoms with Crippen LogP contribution in [0.15, 0.2) is 53.8 Å². The number of Topliss-reactive ketones (excluding diaryl/α,β-unsaturated/α-hetero) is 1. The minimum absolute atomic E-state index is 0.0447. The molecule has 1 unspecified atom stereocenters. The van der Waals surface area contributed by atoms with Crippen molar-refractivity contribution in [2.45, 2.75) is 40.7 Å². The lowest BCUT2D eigenvalue weighted by atomic mass is 9.82. The second-order valence-electron chi connectivity index (χ2n) is 8.32. The van der Waals surface area contributed by atoms with Gasteiger partial charge in [-0.2, -0.15) is 0 Å². The van der Waals surface area contributed by atoms with Crippen LogP contribution < -0.4 is 4.90 Å². The summed E-state index contributed by atoms with van der Waals surface area (Å²) in [6.45, 7) is 9.04. The van der Waals surface area contributed by atoms with Gasteiger partial charge in [0.15, 0.2) is 11.5 Å². The van der Waals surface area contributed by atoms with E-state index < -0.39 is 28.9 Å². The first-order valence-corrected chi connectivity index (χ1v) is 9.16. The molecule has 0 aliphatic carbocycles. The third kappa shape index (κ3) is 3.44. The van der Waals surface area contributed by atoms with E-state index in [1.165, 1.54) is 29.2 Å². The molecule has 2 aromatic carbocycles. The highest BCUT2D eigenvalue weighted by Crippen LogP contribution is 2.43. The molecule has 1 heterocycles. The number of hydrogen-bond donors (Lipinski definition) is 1. The van der Waals surface area contributed by atoms with E-state index in [2.05, 4.69) is 0 Å². The van der Waals surface area contributed by atoms with Crippen molar-refractivity contribution in [2.24, 2.45) is 5.41 Å². The fraction of sp³-hybridized carbons (Fsp3) is 0.304. The second kappa shape index (κ2) is 6.89. The summed E-state index contributed by atoms with van der Waals surface area (Å²) in [7, 11) is 0. The number of carbonyl (C=O) groups excluding carboxylic acids is 2. The van der Waals surface area contributed by atoms with Crippen LogP contribution in [-0.2, 0) is 9.59 Å². The van der Waals surface area contributed by atoms with Gasteiger partial charge < -0.3 is 5.11 Å². The smallest absolute Gasteiger partial charge is 0.294 e. The largest absolute Gasteiger partial charge is 0.503 e. The fourth-order valence-electron chi connectivity index (χ4n) is 3.56. The highest BCUT2D eigenvalue weighted by atomic mass is 19.1. The van der Waals surface area contributed by atoms with Crippen molar-refractivity contribution in [1.82, 2.24) is 0 Å². The molecular formula is C23H24FNO3. The van der Waals surface area contributed by atoms with E-state index >= 15 is 0 Å². The number of carbonyl (C=O) groups is 2. The molecule has 0 fully saturated rings. The van der Waals surface area contributed by atoms with Crippen molar-refractivity contribution in [3.05, 3.63) is 76.3 Å². The number of aliphatic hydroxyl groups excluding tert-OH is 1. The molecule has 4 nitrogen and oxygen atoms in total. The average Bonchev–Trinajstić information content (AvgIpc) is 2.84. The number of rotatable bonds is 3. The van der Waals surface area contributed by atoms with Crippen LogP contribution in [0.25, 0.3) is 0 Å². The Labute approximate surface area is 164 Å². The Morgan fingerprint density at radius 1 is 1.04 bits per heavy atom. The molecule has 28 heavy (non-hydrogen) atoms. The number of aliphatic hydroxyl groups is 1. The summed E-state index contributed by atoms with van der Waals surface area (Å²) in [5, 5.41) is 10.6. The molecular weight excluding hydrogens is 357 g/mol. The van der Waals surface area contributed by atoms with Crippen LogP contribution in [-0.4, -0.2) is 16.8 Å². The number of anilines is 1. The zero-order valence-corrected chi connectivity index (χ0v) is 16.7. The predicted octanol–water partition coefficient (Wildman–Crippen LogP) is 4.96. The van der Waals surface area contributed by atoms with Gasteiger partial charge in [0, 0.05) is 11.1 Å². The molecule has 5 heteroatoms. The summed E-state index contributed by atoms with van der Waals surface area (Å²) >= 11 is 0. The van der Waals surface area contributed by atoms with Crippen LogP contribution in [0, 0.1) is 25.1 Å². The van der Waals surface area contributed by atoms with E-state index in [-0.39, 0.29) is 11.4 Å². The maximum atomic E-state index is 13.5. The number of halogens is 1. The Balaban J connectivity index is 2.23. The number of benzene rings is 2. The van der Waals surface area contributed by atoms with Crippen molar-refractivity contribution in [1.29, 1.82) is 0 Å². The molecule has 1 aliphatic heterocycles. The Hall–Kier alpha value is -2.95. The number of nitrogens with zero attached hydrogens (tertiary/aromatic N) is 1. The summed E-state index contributed by atoms with van der Waals surface area (Å²) in [5.74, 6) is -1.91. The van der Waals surface area contributed by atoms with Gasteiger partial charge in [-0.15, -0.1) is 0 Å². The monoisotopic (exact) mass is 381 g/mol.